The molecule has 0 N–H and O–H groups in total. The zero-order valence-electron chi connectivity index (χ0n) is 22.7. The molecule has 40 heavy (non-hydrogen) atoms. The summed E-state index contributed by atoms with van der Waals surface area (Å²) in [4.78, 5) is 26.7. The number of amides is 1. The summed E-state index contributed by atoms with van der Waals surface area (Å²) >= 11 is 0. The molecule has 2 aliphatic rings. The maximum atomic E-state index is 15.6. The first-order chi connectivity index (χ1) is 19.1. The van der Waals surface area contributed by atoms with Crippen molar-refractivity contribution in [1.29, 1.82) is 0 Å². The maximum Gasteiger partial charge on any atom is 0.283 e. The van der Waals surface area contributed by atoms with E-state index in [-0.39, 0.29) is 18.1 Å². The van der Waals surface area contributed by atoms with Crippen LogP contribution in [-0.2, 0) is 6.54 Å². The number of hydrogen-bond donors (Lipinski definition) is 0. The van der Waals surface area contributed by atoms with Crippen LogP contribution in [-0.4, -0.2) is 44.9 Å². The second-order valence-electron chi connectivity index (χ2n) is 10.9. The first-order valence-corrected chi connectivity index (χ1v) is 13.2. The van der Waals surface area contributed by atoms with Gasteiger partial charge >= 0.3 is 0 Å². The largest absolute Gasteiger partial charge is 0.305 e. The molecule has 4 aromatic rings. The summed E-state index contributed by atoms with van der Waals surface area (Å²) in [7, 11) is 0. The Morgan fingerprint density at radius 3 is 2.42 bits per heavy atom. The molecule has 0 saturated carbocycles. The van der Waals surface area contributed by atoms with Gasteiger partial charge in [0.15, 0.2) is 17.3 Å². The Hall–Kier alpha value is -4.40. The smallest absolute Gasteiger partial charge is 0.283 e. The number of nitrogens with zero attached hydrogens (tertiary/aromatic N) is 5. The van der Waals surface area contributed by atoms with Crippen molar-refractivity contribution in [3.05, 3.63) is 94.9 Å². The average Bonchev–Trinajstić information content (AvgIpc) is 3.43. The number of carbonyl (C=O) groups excluding carboxylic acids is 1. The molecule has 0 bridgehead atoms. The number of aryl methyl sites for hydroxylation is 1. The van der Waals surface area contributed by atoms with Crippen LogP contribution < -0.4 is 4.90 Å². The average molecular weight is 544 g/mol. The van der Waals surface area contributed by atoms with Crippen molar-refractivity contribution in [3.63, 3.8) is 0 Å². The van der Waals surface area contributed by atoms with Gasteiger partial charge in [-0.2, -0.15) is 0 Å². The van der Waals surface area contributed by atoms with Gasteiger partial charge in [-0.05, 0) is 57.0 Å². The number of hydrogen-bond acceptors (Lipinski definition) is 4. The van der Waals surface area contributed by atoms with E-state index in [9.17, 15) is 13.6 Å². The van der Waals surface area contributed by atoms with Crippen LogP contribution in [0.1, 0.15) is 42.4 Å². The lowest BCUT2D eigenvalue weighted by molar-refractivity contribution is 0.0841. The molecule has 0 fully saturated rings. The van der Waals surface area contributed by atoms with E-state index in [1.165, 1.54) is 12.1 Å². The fraction of sp³-hybridized carbons (Fsp3) is 0.258. The Morgan fingerprint density at radius 2 is 1.73 bits per heavy atom. The highest BCUT2D eigenvalue weighted by atomic mass is 19.2. The van der Waals surface area contributed by atoms with Gasteiger partial charge in [0.2, 0.25) is 5.96 Å². The molecule has 204 valence electrons. The highest BCUT2D eigenvalue weighted by Crippen LogP contribution is 2.39. The first kappa shape index (κ1) is 25.9. The van der Waals surface area contributed by atoms with Gasteiger partial charge in [0.25, 0.3) is 5.91 Å². The van der Waals surface area contributed by atoms with E-state index in [1.54, 1.807) is 21.6 Å². The monoisotopic (exact) mass is 543 g/mol. The summed E-state index contributed by atoms with van der Waals surface area (Å²) in [5, 5.41) is 0. The fourth-order valence-electron chi connectivity index (χ4n) is 5.46. The third-order valence-corrected chi connectivity index (χ3v) is 7.27. The minimum absolute atomic E-state index is 0.0831. The molecule has 0 atom stereocenters. The summed E-state index contributed by atoms with van der Waals surface area (Å²) in [6.45, 7) is 8.74. The van der Waals surface area contributed by atoms with Gasteiger partial charge in [0.1, 0.15) is 17.5 Å². The van der Waals surface area contributed by atoms with Crippen molar-refractivity contribution >= 4 is 17.7 Å². The molecule has 2 aliphatic heterocycles. The number of aromatic nitrogens is 2. The molecule has 0 unspecified atom stereocenters. The summed E-state index contributed by atoms with van der Waals surface area (Å²) in [5.41, 5.74) is 2.88. The standard InChI is InChI=1S/C31H28F3N5O/c1-5-37-29(40)26-28(39-17-31(3,4)36-30(37)39)38(16-19-9-12-23(32)25(34)14-19)27(35-26)21-10-11-22(24(33)15-21)20-8-6-7-18(2)13-20/h6-15H,5,16-17H2,1-4H3. The Kier molecular flexibility index (Phi) is 6.05. The number of carbonyl (C=O) groups is 1. The topological polar surface area (TPSA) is 53.7 Å². The molecule has 0 radical (unpaired) electrons. The molecular weight excluding hydrogens is 515 g/mol. The fourth-order valence-corrected chi connectivity index (χ4v) is 5.46. The third-order valence-electron chi connectivity index (χ3n) is 7.27. The van der Waals surface area contributed by atoms with E-state index < -0.39 is 23.0 Å². The molecule has 6 nitrogen and oxygen atoms in total. The number of rotatable bonds is 5. The molecule has 9 heteroatoms. The predicted octanol–water partition coefficient (Wildman–Crippen LogP) is 6.42. The van der Waals surface area contributed by atoms with Crippen LogP contribution in [0.4, 0.5) is 19.0 Å². The number of guanidine groups is 1. The Bertz CT molecular complexity index is 1710. The summed E-state index contributed by atoms with van der Waals surface area (Å²) in [5.74, 6) is -1.30. The van der Waals surface area contributed by atoms with Gasteiger partial charge in [-0.25, -0.2) is 23.1 Å². The molecule has 1 aromatic heterocycles. The van der Waals surface area contributed by atoms with E-state index in [0.29, 0.717) is 47.4 Å². The molecule has 1 amide bonds. The van der Waals surface area contributed by atoms with Crippen molar-refractivity contribution in [2.24, 2.45) is 4.99 Å². The van der Waals surface area contributed by atoms with E-state index in [1.807, 2.05) is 56.9 Å². The first-order valence-electron chi connectivity index (χ1n) is 13.2. The molecule has 0 aliphatic carbocycles. The van der Waals surface area contributed by atoms with E-state index >= 15 is 4.39 Å². The Labute approximate surface area is 230 Å². The molecule has 0 saturated heterocycles. The zero-order chi connectivity index (χ0) is 28.3. The number of benzene rings is 3. The SMILES string of the molecule is CCN1C(=O)c2nc(-c3ccc(-c4cccc(C)c4)c(F)c3)n(Cc3ccc(F)c(F)c3)c2N2CC(C)(C)N=C12. The third kappa shape index (κ3) is 4.26. The quantitative estimate of drug-likeness (QED) is 0.292. The highest BCUT2D eigenvalue weighted by Gasteiger charge is 2.45. The lowest BCUT2D eigenvalue weighted by atomic mass is 10.0. The van der Waals surface area contributed by atoms with Gasteiger partial charge in [-0.1, -0.05) is 48.0 Å². The summed E-state index contributed by atoms with van der Waals surface area (Å²) in [6, 6.07) is 16.1. The summed E-state index contributed by atoms with van der Waals surface area (Å²) in [6.07, 6.45) is 0. The molecular formula is C31H28F3N5O. The van der Waals surface area contributed by atoms with E-state index in [0.717, 1.165) is 23.3 Å². The van der Waals surface area contributed by atoms with E-state index in [4.69, 9.17) is 9.98 Å². The van der Waals surface area contributed by atoms with Gasteiger partial charge in [-0.3, -0.25) is 14.6 Å². The van der Waals surface area contributed by atoms with Crippen LogP contribution in [0.2, 0.25) is 0 Å². The van der Waals surface area contributed by atoms with Crippen molar-refractivity contribution in [1.82, 2.24) is 14.5 Å². The van der Waals surface area contributed by atoms with Gasteiger partial charge in [0.05, 0.1) is 18.6 Å². The van der Waals surface area contributed by atoms with Crippen molar-refractivity contribution in [2.45, 2.75) is 39.8 Å². The molecule has 6 rings (SSSR count). The van der Waals surface area contributed by atoms with Crippen LogP contribution in [0.5, 0.6) is 0 Å². The number of fused-ring (bicyclic) bond motifs is 3. The molecule has 3 heterocycles. The van der Waals surface area contributed by atoms with Crippen LogP contribution >= 0.6 is 0 Å². The second-order valence-corrected chi connectivity index (χ2v) is 10.9. The number of halogens is 3. The minimum atomic E-state index is -0.973. The zero-order valence-corrected chi connectivity index (χ0v) is 22.7. The predicted molar refractivity (Wildman–Crippen MR) is 149 cm³/mol. The van der Waals surface area contributed by atoms with Crippen LogP contribution in [0.25, 0.3) is 22.5 Å². The number of anilines is 1. The van der Waals surface area contributed by atoms with Gasteiger partial charge in [-0.15, -0.1) is 0 Å². The lowest BCUT2D eigenvalue weighted by Gasteiger charge is -2.34. The second kappa shape index (κ2) is 9.36. The van der Waals surface area contributed by atoms with Crippen LogP contribution in [0.15, 0.2) is 65.7 Å². The molecule has 0 spiro atoms. The van der Waals surface area contributed by atoms with Crippen LogP contribution in [0.3, 0.4) is 0 Å². The highest BCUT2D eigenvalue weighted by molar-refractivity contribution is 6.18. The lowest BCUT2D eigenvalue weighted by Crippen LogP contribution is -2.51. The van der Waals surface area contributed by atoms with Crippen molar-refractivity contribution in [3.8, 4) is 22.5 Å². The van der Waals surface area contributed by atoms with E-state index in [2.05, 4.69) is 0 Å². The van der Waals surface area contributed by atoms with Gasteiger partial charge < -0.3 is 4.57 Å². The van der Waals surface area contributed by atoms with Gasteiger partial charge in [0, 0.05) is 17.7 Å². The normalized spacial score (nSPS) is 15.8. The molecule has 3 aromatic carbocycles. The Morgan fingerprint density at radius 1 is 0.925 bits per heavy atom. The Balaban J connectivity index is 1.54. The summed E-state index contributed by atoms with van der Waals surface area (Å²) < 4.78 is 45.3. The maximum absolute atomic E-state index is 15.6. The van der Waals surface area contributed by atoms with Crippen molar-refractivity contribution in [2.75, 3.05) is 18.0 Å². The number of imidazole rings is 1. The minimum Gasteiger partial charge on any atom is -0.305 e. The number of aliphatic imine (C=N–C) groups is 1. The van der Waals surface area contributed by atoms with Crippen molar-refractivity contribution < 1.29 is 18.0 Å². The van der Waals surface area contributed by atoms with Crippen LogP contribution in [0, 0.1) is 24.4 Å².